The molecular formula is C12H14F3NO2S. The van der Waals surface area contributed by atoms with E-state index in [1.165, 1.54) is 11.8 Å². The molecular weight excluding hydrogens is 279 g/mol. The number of hydrogen-bond acceptors (Lipinski definition) is 3. The number of halogens is 3. The Kier molecular flexibility index (Phi) is 6.72. The summed E-state index contributed by atoms with van der Waals surface area (Å²) in [6.45, 7) is 0.396. The predicted molar refractivity (Wildman–Crippen MR) is 67.7 cm³/mol. The Morgan fingerprint density at radius 1 is 1.21 bits per heavy atom. The smallest absolute Gasteiger partial charge is 0.254 e. The van der Waals surface area contributed by atoms with E-state index in [1.807, 2.05) is 0 Å². The number of nitrogens with one attached hydrogen (secondary N) is 1. The first-order valence-corrected chi connectivity index (χ1v) is 6.83. The van der Waals surface area contributed by atoms with Crippen molar-refractivity contribution < 1.29 is 23.1 Å². The van der Waals surface area contributed by atoms with Crippen LogP contribution in [-0.2, 0) is 0 Å². The molecule has 7 heteroatoms. The zero-order valence-electron chi connectivity index (χ0n) is 10.1. The SMILES string of the molecule is O=C(NCCSCCCO)c1ccc(F)c(F)c1F. The first kappa shape index (κ1) is 15.8. The van der Waals surface area contributed by atoms with E-state index in [4.69, 9.17) is 5.11 Å². The van der Waals surface area contributed by atoms with E-state index in [-0.39, 0.29) is 13.2 Å². The molecule has 0 saturated heterocycles. The van der Waals surface area contributed by atoms with Crippen molar-refractivity contribution in [2.75, 3.05) is 24.7 Å². The van der Waals surface area contributed by atoms with Crippen molar-refractivity contribution in [3.63, 3.8) is 0 Å². The van der Waals surface area contributed by atoms with Crippen molar-refractivity contribution in [1.29, 1.82) is 0 Å². The molecule has 0 bridgehead atoms. The number of aliphatic hydroxyl groups excluding tert-OH is 1. The van der Waals surface area contributed by atoms with E-state index >= 15 is 0 Å². The molecule has 0 heterocycles. The number of aliphatic hydroxyl groups is 1. The third-order valence-electron chi connectivity index (χ3n) is 2.26. The molecule has 0 unspecified atom stereocenters. The molecule has 0 fully saturated rings. The molecule has 0 aliphatic carbocycles. The fourth-order valence-corrected chi connectivity index (χ4v) is 2.09. The first-order chi connectivity index (χ1) is 9.07. The second-order valence-electron chi connectivity index (χ2n) is 3.67. The standard InChI is InChI=1S/C12H14F3NO2S/c13-9-3-2-8(10(14)11(9)15)12(18)16-4-7-19-6-1-5-17/h2-3,17H,1,4-7H2,(H,16,18). The van der Waals surface area contributed by atoms with Crippen LogP contribution in [-0.4, -0.2) is 35.7 Å². The zero-order chi connectivity index (χ0) is 14.3. The minimum atomic E-state index is -1.65. The number of carbonyl (C=O) groups is 1. The molecule has 1 rings (SSSR count). The summed E-state index contributed by atoms with van der Waals surface area (Å²) in [5.41, 5.74) is -0.515. The highest BCUT2D eigenvalue weighted by molar-refractivity contribution is 7.99. The molecule has 19 heavy (non-hydrogen) atoms. The second kappa shape index (κ2) is 8.06. The molecule has 0 atom stereocenters. The molecule has 0 radical (unpaired) electrons. The lowest BCUT2D eigenvalue weighted by Gasteiger charge is -2.06. The quantitative estimate of drug-likeness (QED) is 0.597. The van der Waals surface area contributed by atoms with E-state index in [9.17, 15) is 18.0 Å². The van der Waals surface area contributed by atoms with Crippen LogP contribution < -0.4 is 5.32 Å². The van der Waals surface area contributed by atoms with Crippen molar-refractivity contribution >= 4 is 17.7 Å². The molecule has 106 valence electrons. The van der Waals surface area contributed by atoms with Gasteiger partial charge in [0.15, 0.2) is 17.5 Å². The highest BCUT2D eigenvalue weighted by Gasteiger charge is 2.18. The van der Waals surface area contributed by atoms with Crippen molar-refractivity contribution in [1.82, 2.24) is 5.32 Å². The third-order valence-corrected chi connectivity index (χ3v) is 3.33. The van der Waals surface area contributed by atoms with Gasteiger partial charge in [-0.1, -0.05) is 0 Å². The van der Waals surface area contributed by atoms with Gasteiger partial charge in [-0.15, -0.1) is 0 Å². The van der Waals surface area contributed by atoms with Gasteiger partial charge in [0.1, 0.15) is 0 Å². The van der Waals surface area contributed by atoms with Crippen LogP contribution in [0, 0.1) is 17.5 Å². The van der Waals surface area contributed by atoms with E-state index in [2.05, 4.69) is 5.32 Å². The Bertz CT molecular complexity index is 443. The molecule has 1 amide bonds. The van der Waals surface area contributed by atoms with Crippen LogP contribution >= 0.6 is 11.8 Å². The van der Waals surface area contributed by atoms with Gasteiger partial charge in [-0.3, -0.25) is 4.79 Å². The minimum Gasteiger partial charge on any atom is -0.396 e. The number of hydrogen-bond donors (Lipinski definition) is 2. The number of carbonyl (C=O) groups excluding carboxylic acids is 1. The highest BCUT2D eigenvalue weighted by atomic mass is 32.2. The van der Waals surface area contributed by atoms with Crippen molar-refractivity contribution in [2.24, 2.45) is 0 Å². The van der Waals surface area contributed by atoms with Gasteiger partial charge in [-0.25, -0.2) is 13.2 Å². The van der Waals surface area contributed by atoms with Crippen LogP contribution in [0.1, 0.15) is 16.8 Å². The molecule has 1 aromatic carbocycles. The summed E-state index contributed by atoms with van der Waals surface area (Å²) in [4.78, 5) is 11.5. The van der Waals surface area contributed by atoms with Gasteiger partial charge in [0.05, 0.1) is 5.56 Å². The van der Waals surface area contributed by atoms with Crippen molar-refractivity contribution in [2.45, 2.75) is 6.42 Å². The average Bonchev–Trinajstić information content (AvgIpc) is 2.40. The van der Waals surface area contributed by atoms with Gasteiger partial charge < -0.3 is 10.4 Å². The number of rotatable bonds is 7. The van der Waals surface area contributed by atoms with Crippen LogP contribution in [0.5, 0.6) is 0 Å². The Balaban J connectivity index is 2.44. The Labute approximate surface area is 113 Å². The fraction of sp³-hybridized carbons (Fsp3) is 0.417. The number of benzene rings is 1. The highest BCUT2D eigenvalue weighted by Crippen LogP contribution is 2.15. The summed E-state index contributed by atoms with van der Waals surface area (Å²) < 4.78 is 38.9. The molecule has 0 aliphatic rings. The maximum Gasteiger partial charge on any atom is 0.254 e. The van der Waals surface area contributed by atoms with Crippen molar-refractivity contribution in [3.05, 3.63) is 35.1 Å². The Hall–Kier alpha value is -1.21. The molecule has 1 aromatic rings. The molecule has 0 saturated carbocycles. The lowest BCUT2D eigenvalue weighted by Crippen LogP contribution is -2.27. The number of amides is 1. The molecule has 0 aliphatic heterocycles. The van der Waals surface area contributed by atoms with Crippen molar-refractivity contribution in [3.8, 4) is 0 Å². The van der Waals surface area contributed by atoms with Crippen LogP contribution in [0.25, 0.3) is 0 Å². The van der Waals surface area contributed by atoms with E-state index < -0.39 is 28.9 Å². The largest absolute Gasteiger partial charge is 0.396 e. The van der Waals surface area contributed by atoms with Gasteiger partial charge >= 0.3 is 0 Å². The molecule has 3 nitrogen and oxygen atoms in total. The topological polar surface area (TPSA) is 49.3 Å². The van der Waals surface area contributed by atoms with Crippen LogP contribution in [0.4, 0.5) is 13.2 Å². The van der Waals surface area contributed by atoms with Crippen LogP contribution in [0.15, 0.2) is 12.1 Å². The summed E-state index contributed by atoms with van der Waals surface area (Å²) in [5.74, 6) is -3.88. The van der Waals surface area contributed by atoms with Crippen LogP contribution in [0.3, 0.4) is 0 Å². The normalized spacial score (nSPS) is 10.5. The van der Waals surface area contributed by atoms with Gasteiger partial charge in [-0.2, -0.15) is 11.8 Å². The molecule has 0 aromatic heterocycles. The summed E-state index contributed by atoms with van der Waals surface area (Å²) in [6, 6.07) is 1.62. The monoisotopic (exact) mass is 293 g/mol. The average molecular weight is 293 g/mol. The molecule has 0 spiro atoms. The Morgan fingerprint density at radius 2 is 1.95 bits per heavy atom. The summed E-state index contributed by atoms with van der Waals surface area (Å²) in [6.07, 6.45) is 0.663. The zero-order valence-corrected chi connectivity index (χ0v) is 10.9. The minimum absolute atomic E-state index is 0.111. The second-order valence-corrected chi connectivity index (χ2v) is 4.89. The lowest BCUT2D eigenvalue weighted by atomic mass is 10.2. The number of thioether (sulfide) groups is 1. The van der Waals surface area contributed by atoms with E-state index in [0.717, 1.165) is 11.8 Å². The Morgan fingerprint density at radius 3 is 2.63 bits per heavy atom. The van der Waals surface area contributed by atoms with Gasteiger partial charge in [0.2, 0.25) is 0 Å². The maximum atomic E-state index is 13.3. The summed E-state index contributed by atoms with van der Waals surface area (Å²) in [5, 5.41) is 11.0. The first-order valence-electron chi connectivity index (χ1n) is 5.68. The van der Waals surface area contributed by atoms with E-state index in [0.29, 0.717) is 18.2 Å². The van der Waals surface area contributed by atoms with Gasteiger partial charge in [0, 0.05) is 18.9 Å². The van der Waals surface area contributed by atoms with Gasteiger partial charge in [-0.05, 0) is 24.3 Å². The van der Waals surface area contributed by atoms with Gasteiger partial charge in [0.25, 0.3) is 5.91 Å². The van der Waals surface area contributed by atoms with Crippen LogP contribution in [0.2, 0.25) is 0 Å². The maximum absolute atomic E-state index is 13.3. The summed E-state index contributed by atoms with van der Waals surface area (Å²) >= 11 is 1.52. The summed E-state index contributed by atoms with van der Waals surface area (Å²) in [7, 11) is 0. The predicted octanol–water partition coefficient (Wildman–Crippen LogP) is 1.95. The fourth-order valence-electron chi connectivity index (χ4n) is 1.30. The third kappa shape index (κ3) is 4.76. The van der Waals surface area contributed by atoms with E-state index in [1.54, 1.807) is 0 Å². The lowest BCUT2D eigenvalue weighted by molar-refractivity contribution is 0.0951. The molecule has 2 N–H and O–H groups in total.